The molecule has 0 radical (unpaired) electrons. The van der Waals surface area contributed by atoms with Crippen molar-refractivity contribution in [2.75, 3.05) is 20.2 Å². The lowest BCUT2D eigenvalue weighted by molar-refractivity contribution is 0.0883. The molecular weight excluding hydrogens is 376 g/mol. The molecule has 0 atom stereocenters. The quantitative estimate of drug-likeness (QED) is 0.688. The van der Waals surface area contributed by atoms with Crippen LogP contribution >= 0.6 is 11.6 Å². The first kappa shape index (κ1) is 18.8. The standard InChI is InChI=1S/C22H23ClN2O3/c1-27-19-5-2-15(3-6-19)13-25-10-8-18(9-11-25)24-22(26)21-20-7-4-17(23)12-16(20)14-28-21/h2-7,12,14,18H,8-11,13H2,1H3,(H,24,26). The molecular formula is C22H23ClN2O3. The fourth-order valence-corrected chi connectivity index (χ4v) is 3.86. The highest BCUT2D eigenvalue weighted by Crippen LogP contribution is 2.25. The number of fused-ring (bicyclic) bond motifs is 1. The Morgan fingerprint density at radius 1 is 1.21 bits per heavy atom. The Morgan fingerprint density at radius 3 is 2.68 bits per heavy atom. The lowest BCUT2D eigenvalue weighted by Crippen LogP contribution is -2.44. The number of hydrogen-bond acceptors (Lipinski definition) is 4. The number of amides is 1. The summed E-state index contributed by atoms with van der Waals surface area (Å²) in [6.45, 7) is 2.81. The van der Waals surface area contributed by atoms with Gasteiger partial charge in [0.2, 0.25) is 0 Å². The summed E-state index contributed by atoms with van der Waals surface area (Å²) in [5.74, 6) is 1.07. The van der Waals surface area contributed by atoms with Crippen LogP contribution in [0.15, 0.2) is 53.1 Å². The second kappa shape index (κ2) is 8.25. The zero-order valence-electron chi connectivity index (χ0n) is 15.8. The maximum absolute atomic E-state index is 12.6. The van der Waals surface area contributed by atoms with Gasteiger partial charge in [0.1, 0.15) is 5.75 Å². The Hall–Kier alpha value is -2.50. The van der Waals surface area contributed by atoms with Gasteiger partial charge in [0, 0.05) is 41.5 Å². The summed E-state index contributed by atoms with van der Waals surface area (Å²) < 4.78 is 10.7. The van der Waals surface area contributed by atoms with E-state index in [2.05, 4.69) is 22.3 Å². The molecule has 146 valence electrons. The molecule has 5 nitrogen and oxygen atoms in total. The zero-order chi connectivity index (χ0) is 19.5. The number of hydrogen-bond donors (Lipinski definition) is 1. The molecule has 2 heterocycles. The normalized spacial score (nSPS) is 15.6. The van der Waals surface area contributed by atoms with Crippen LogP contribution in [0.4, 0.5) is 0 Å². The molecule has 0 bridgehead atoms. The summed E-state index contributed by atoms with van der Waals surface area (Å²) in [7, 11) is 1.68. The number of piperidine rings is 1. The lowest BCUT2D eigenvalue weighted by atomic mass is 10.0. The van der Waals surface area contributed by atoms with Gasteiger partial charge in [-0.3, -0.25) is 9.69 Å². The molecule has 1 amide bonds. The molecule has 0 unspecified atom stereocenters. The number of carbonyl (C=O) groups is 1. The first-order chi connectivity index (χ1) is 13.6. The summed E-state index contributed by atoms with van der Waals surface area (Å²) >= 11 is 6.00. The highest BCUT2D eigenvalue weighted by Gasteiger charge is 2.23. The second-order valence-electron chi connectivity index (χ2n) is 7.17. The van der Waals surface area contributed by atoms with Gasteiger partial charge in [0.15, 0.2) is 5.76 Å². The third kappa shape index (κ3) is 4.16. The van der Waals surface area contributed by atoms with Crippen molar-refractivity contribution in [1.29, 1.82) is 0 Å². The maximum atomic E-state index is 12.6. The Bertz CT molecular complexity index is 960. The number of carbonyl (C=O) groups excluding carboxylic acids is 1. The smallest absolute Gasteiger partial charge is 0.287 e. The van der Waals surface area contributed by atoms with Crippen molar-refractivity contribution in [3.05, 3.63) is 65.1 Å². The van der Waals surface area contributed by atoms with Crippen LogP contribution in [0.5, 0.6) is 5.75 Å². The highest BCUT2D eigenvalue weighted by molar-refractivity contribution is 6.31. The SMILES string of the molecule is COc1ccc(CN2CCC(NC(=O)c3occ4cc(Cl)ccc34)CC2)cc1. The minimum Gasteiger partial charge on any atom is -0.497 e. The van der Waals surface area contributed by atoms with Gasteiger partial charge < -0.3 is 14.5 Å². The Labute approximate surface area is 169 Å². The van der Waals surface area contributed by atoms with Gasteiger partial charge in [-0.15, -0.1) is 0 Å². The average molecular weight is 399 g/mol. The molecule has 28 heavy (non-hydrogen) atoms. The molecule has 3 aromatic rings. The second-order valence-corrected chi connectivity index (χ2v) is 7.60. The van der Waals surface area contributed by atoms with Crippen LogP contribution in [-0.2, 0) is 6.54 Å². The number of likely N-dealkylation sites (tertiary alicyclic amines) is 1. The molecule has 4 rings (SSSR count). The summed E-state index contributed by atoms with van der Waals surface area (Å²) in [6.07, 6.45) is 3.42. The monoisotopic (exact) mass is 398 g/mol. The lowest BCUT2D eigenvalue weighted by Gasteiger charge is -2.32. The summed E-state index contributed by atoms with van der Waals surface area (Å²) in [4.78, 5) is 15.1. The molecule has 1 N–H and O–H groups in total. The van der Waals surface area contributed by atoms with Gasteiger partial charge in [-0.1, -0.05) is 23.7 Å². The molecule has 0 spiro atoms. The van der Waals surface area contributed by atoms with E-state index < -0.39 is 0 Å². The van der Waals surface area contributed by atoms with Crippen molar-refractivity contribution in [3.63, 3.8) is 0 Å². The van der Waals surface area contributed by atoms with E-state index in [9.17, 15) is 4.79 Å². The van der Waals surface area contributed by atoms with Crippen LogP contribution in [0.3, 0.4) is 0 Å². The first-order valence-electron chi connectivity index (χ1n) is 9.45. The van der Waals surface area contributed by atoms with E-state index >= 15 is 0 Å². The van der Waals surface area contributed by atoms with Crippen molar-refractivity contribution >= 4 is 28.3 Å². The maximum Gasteiger partial charge on any atom is 0.287 e. The highest BCUT2D eigenvalue weighted by atomic mass is 35.5. The van der Waals surface area contributed by atoms with E-state index in [4.69, 9.17) is 20.8 Å². The van der Waals surface area contributed by atoms with Crippen LogP contribution in [0.25, 0.3) is 10.8 Å². The van der Waals surface area contributed by atoms with E-state index in [1.54, 1.807) is 25.5 Å². The van der Waals surface area contributed by atoms with E-state index in [-0.39, 0.29) is 11.9 Å². The minimum absolute atomic E-state index is 0.159. The molecule has 1 aromatic heterocycles. The number of halogens is 1. The van der Waals surface area contributed by atoms with E-state index in [0.29, 0.717) is 10.8 Å². The van der Waals surface area contributed by atoms with Crippen LogP contribution in [0, 0.1) is 0 Å². The third-order valence-electron chi connectivity index (χ3n) is 5.26. The predicted octanol–water partition coefficient (Wildman–Crippen LogP) is 4.49. The summed E-state index contributed by atoms with van der Waals surface area (Å²) in [6, 6.07) is 13.7. The predicted molar refractivity (Wildman–Crippen MR) is 110 cm³/mol. The molecule has 0 aliphatic carbocycles. The van der Waals surface area contributed by atoms with Crippen LogP contribution in [-0.4, -0.2) is 37.0 Å². The Balaban J connectivity index is 1.31. The van der Waals surface area contributed by atoms with Crippen LogP contribution in [0.1, 0.15) is 29.0 Å². The first-order valence-corrected chi connectivity index (χ1v) is 9.83. The van der Waals surface area contributed by atoms with Crippen molar-refractivity contribution in [2.24, 2.45) is 0 Å². The number of methoxy groups -OCH3 is 1. The van der Waals surface area contributed by atoms with E-state index in [1.165, 1.54) is 5.56 Å². The fraction of sp³-hybridized carbons (Fsp3) is 0.318. The van der Waals surface area contributed by atoms with Crippen LogP contribution in [0.2, 0.25) is 5.02 Å². The number of furan rings is 1. The number of benzene rings is 2. The van der Waals surface area contributed by atoms with Crippen molar-refractivity contribution in [3.8, 4) is 5.75 Å². The molecule has 6 heteroatoms. The largest absolute Gasteiger partial charge is 0.497 e. The van der Waals surface area contributed by atoms with Crippen LogP contribution < -0.4 is 10.1 Å². The molecule has 1 aliphatic heterocycles. The topological polar surface area (TPSA) is 54.7 Å². The Morgan fingerprint density at radius 2 is 1.96 bits per heavy atom. The number of ether oxygens (including phenoxy) is 1. The number of nitrogens with zero attached hydrogens (tertiary/aromatic N) is 1. The molecule has 2 aromatic carbocycles. The van der Waals surface area contributed by atoms with Gasteiger partial charge in [0.05, 0.1) is 13.4 Å². The van der Waals surface area contributed by atoms with Crippen molar-refractivity contribution < 1.29 is 13.9 Å². The fourth-order valence-electron chi connectivity index (χ4n) is 3.68. The minimum atomic E-state index is -0.161. The Kier molecular flexibility index (Phi) is 5.55. The molecule has 0 saturated carbocycles. The number of nitrogens with one attached hydrogen (secondary N) is 1. The van der Waals surface area contributed by atoms with E-state index in [0.717, 1.165) is 49.0 Å². The summed E-state index contributed by atoms with van der Waals surface area (Å²) in [5.41, 5.74) is 1.27. The molecule has 1 saturated heterocycles. The average Bonchev–Trinajstić information content (AvgIpc) is 3.13. The van der Waals surface area contributed by atoms with Gasteiger partial charge >= 0.3 is 0 Å². The van der Waals surface area contributed by atoms with E-state index in [1.807, 2.05) is 18.2 Å². The molecule has 1 fully saturated rings. The third-order valence-corrected chi connectivity index (χ3v) is 5.49. The molecule has 1 aliphatic rings. The van der Waals surface area contributed by atoms with Gasteiger partial charge in [-0.2, -0.15) is 0 Å². The van der Waals surface area contributed by atoms with Gasteiger partial charge in [-0.05, 0) is 48.7 Å². The van der Waals surface area contributed by atoms with Gasteiger partial charge in [-0.25, -0.2) is 0 Å². The number of rotatable bonds is 5. The summed E-state index contributed by atoms with van der Waals surface area (Å²) in [5, 5.41) is 5.38. The van der Waals surface area contributed by atoms with Crippen molar-refractivity contribution in [1.82, 2.24) is 10.2 Å². The van der Waals surface area contributed by atoms with Crippen molar-refractivity contribution in [2.45, 2.75) is 25.4 Å². The van der Waals surface area contributed by atoms with Gasteiger partial charge in [0.25, 0.3) is 5.91 Å². The zero-order valence-corrected chi connectivity index (χ0v) is 16.5.